The number of carbonyl (C=O) groups is 4. The Morgan fingerprint density at radius 1 is 0.900 bits per heavy atom. The summed E-state index contributed by atoms with van der Waals surface area (Å²) in [4.78, 5) is 51.5. The van der Waals surface area contributed by atoms with Crippen LogP contribution in [0.15, 0.2) is 24.5 Å². The van der Waals surface area contributed by atoms with E-state index in [0.29, 0.717) is 6.42 Å². The molecule has 17 heteroatoms. The van der Waals surface area contributed by atoms with Gasteiger partial charge < -0.3 is 4.43 Å². The van der Waals surface area contributed by atoms with Crippen molar-refractivity contribution in [3.63, 3.8) is 0 Å². The molecule has 2 heterocycles. The number of pyridine rings is 2. The maximum Gasteiger partial charge on any atom is 0.271 e. The number of rotatable bonds is 6. The van der Waals surface area contributed by atoms with Crippen molar-refractivity contribution in [1.82, 2.24) is 26.2 Å². The van der Waals surface area contributed by atoms with Crippen molar-refractivity contribution in [2.75, 3.05) is 6.61 Å². The first-order chi connectivity index (χ1) is 18.4. The maximum atomic E-state index is 11.9. The molecule has 0 spiro atoms. The molecule has 0 aliphatic heterocycles. The van der Waals surface area contributed by atoms with Gasteiger partial charge in [0.1, 0.15) is 16.9 Å². The van der Waals surface area contributed by atoms with Crippen LogP contribution in [0.1, 0.15) is 54.8 Å². The second-order valence-electron chi connectivity index (χ2n) is 9.24. The van der Waals surface area contributed by atoms with Crippen molar-refractivity contribution in [1.29, 1.82) is 0 Å². The Hall–Kier alpha value is -2.03. The highest BCUT2D eigenvalue weighted by atomic mass is 35.5. The summed E-state index contributed by atoms with van der Waals surface area (Å²) in [5, 5.41) is 0.0481. The van der Waals surface area contributed by atoms with Crippen molar-refractivity contribution >= 4 is 89.3 Å². The lowest BCUT2D eigenvalue weighted by molar-refractivity contribution is -0.124. The first-order valence-corrected chi connectivity index (χ1v) is 16.2. The van der Waals surface area contributed by atoms with Gasteiger partial charge >= 0.3 is 0 Å². The number of hydrazine groups is 2. The van der Waals surface area contributed by atoms with E-state index in [1.807, 2.05) is 18.5 Å². The Balaban J connectivity index is 0.000000733. The molecule has 222 valence electrons. The zero-order chi connectivity index (χ0) is 31.3. The highest BCUT2D eigenvalue weighted by Gasteiger charge is 2.37. The topological polar surface area (TPSA) is 165 Å². The van der Waals surface area contributed by atoms with Gasteiger partial charge in [0.15, 0.2) is 8.32 Å². The molecular weight excluding hydrogens is 646 g/mol. The van der Waals surface area contributed by atoms with Crippen molar-refractivity contribution in [2.24, 2.45) is 5.84 Å². The Bertz CT molecular complexity index is 1190. The SMILES string of the molecule is CC(C)(C)[Si](C)(C)OCC(=O)NNC(=O)c1cnc(Cl)c(Cl)c1.CCC(=O)NN.O=C(Cl)c1cnc(Cl)c(Cl)c1. The second kappa shape index (κ2) is 17.7. The van der Waals surface area contributed by atoms with Crippen LogP contribution in [0.3, 0.4) is 0 Å². The zero-order valence-electron chi connectivity index (χ0n) is 22.6. The van der Waals surface area contributed by atoms with Gasteiger partial charge in [-0.2, -0.15) is 0 Å². The highest BCUT2D eigenvalue weighted by molar-refractivity contribution is 6.74. The molecule has 0 aromatic carbocycles. The van der Waals surface area contributed by atoms with E-state index in [2.05, 4.69) is 47.4 Å². The predicted octanol–water partition coefficient (Wildman–Crippen LogP) is 5.32. The number of nitrogens with two attached hydrogens (primary N) is 1. The molecule has 0 saturated heterocycles. The monoisotopic (exact) mass is 674 g/mol. The fraction of sp³-hybridized carbons (Fsp3) is 0.391. The van der Waals surface area contributed by atoms with Crippen LogP contribution in [0.5, 0.6) is 0 Å². The summed E-state index contributed by atoms with van der Waals surface area (Å²) in [5.41, 5.74) is 6.97. The van der Waals surface area contributed by atoms with Gasteiger partial charge in [0.05, 0.1) is 21.2 Å². The summed E-state index contributed by atoms with van der Waals surface area (Å²) < 4.78 is 5.75. The minimum atomic E-state index is -2.02. The highest BCUT2D eigenvalue weighted by Crippen LogP contribution is 2.36. The van der Waals surface area contributed by atoms with Crippen molar-refractivity contribution in [2.45, 2.75) is 52.2 Å². The van der Waals surface area contributed by atoms with E-state index in [0.717, 1.165) is 0 Å². The standard InChI is InChI=1S/C14H21Cl2N3O3Si.C6H2Cl3NO.C3H8N2O/c1-14(2,3)23(4,5)22-8-11(20)18-19-13(21)9-6-10(15)12(16)17-7-9;7-4-1-3(6(9)11)2-10-5(4)8;1-2-3(6)5-4/h6-7H,8H2,1-5H3,(H,18,20)(H,19,21);1-2H;2,4H2,1H3,(H,5,6). The Morgan fingerprint density at radius 2 is 1.38 bits per heavy atom. The van der Waals surface area contributed by atoms with Crippen LogP contribution in [0.2, 0.25) is 38.5 Å². The lowest BCUT2D eigenvalue weighted by Gasteiger charge is -2.35. The molecule has 0 saturated carbocycles. The Morgan fingerprint density at radius 3 is 1.75 bits per heavy atom. The van der Waals surface area contributed by atoms with Crippen LogP contribution in [-0.2, 0) is 14.0 Å². The molecular formula is C23H31Cl5N6O5Si. The van der Waals surface area contributed by atoms with Crippen LogP contribution in [0, 0.1) is 0 Å². The van der Waals surface area contributed by atoms with Gasteiger partial charge in [-0.3, -0.25) is 35.5 Å². The van der Waals surface area contributed by atoms with Gasteiger partial charge in [-0.1, -0.05) is 74.1 Å². The fourth-order valence-corrected chi connectivity index (χ4v) is 3.44. The van der Waals surface area contributed by atoms with Crippen LogP contribution in [-0.4, -0.2) is 47.9 Å². The molecule has 2 rings (SSSR count). The molecule has 0 bridgehead atoms. The first kappa shape index (κ1) is 38.0. The maximum absolute atomic E-state index is 11.9. The van der Waals surface area contributed by atoms with Crippen molar-refractivity contribution < 1.29 is 23.6 Å². The molecule has 0 radical (unpaired) electrons. The summed E-state index contributed by atoms with van der Waals surface area (Å²) >= 11 is 27.6. The number of nitrogens with one attached hydrogen (secondary N) is 3. The van der Waals surface area contributed by atoms with E-state index >= 15 is 0 Å². The van der Waals surface area contributed by atoms with Crippen LogP contribution in [0.4, 0.5) is 0 Å². The number of aromatic nitrogens is 2. The van der Waals surface area contributed by atoms with Gasteiger partial charge in [-0.25, -0.2) is 15.8 Å². The predicted molar refractivity (Wildman–Crippen MR) is 160 cm³/mol. The van der Waals surface area contributed by atoms with Crippen LogP contribution >= 0.6 is 58.0 Å². The Labute approximate surface area is 258 Å². The molecule has 0 unspecified atom stereocenters. The average molecular weight is 677 g/mol. The summed E-state index contributed by atoms with van der Waals surface area (Å²) in [7, 11) is -2.02. The summed E-state index contributed by atoms with van der Waals surface area (Å²) in [6.07, 6.45) is 2.99. The second-order valence-corrected chi connectivity index (χ2v) is 15.9. The lowest BCUT2D eigenvalue weighted by Crippen LogP contribution is -2.47. The number of amides is 3. The van der Waals surface area contributed by atoms with Gasteiger partial charge in [-0.15, -0.1) is 0 Å². The lowest BCUT2D eigenvalue weighted by atomic mass is 10.2. The van der Waals surface area contributed by atoms with Crippen molar-refractivity contribution in [3.05, 3.63) is 56.0 Å². The average Bonchev–Trinajstić information content (AvgIpc) is 2.88. The molecule has 0 atom stereocenters. The Kier molecular flexibility index (Phi) is 16.8. The third kappa shape index (κ3) is 14.0. The van der Waals surface area contributed by atoms with E-state index in [-0.39, 0.29) is 49.0 Å². The number of halogens is 5. The first-order valence-electron chi connectivity index (χ1n) is 11.4. The van der Waals surface area contributed by atoms with Crippen LogP contribution in [0.25, 0.3) is 0 Å². The van der Waals surface area contributed by atoms with E-state index < -0.39 is 25.4 Å². The number of hydrogen-bond donors (Lipinski definition) is 4. The molecule has 0 aliphatic rings. The summed E-state index contributed by atoms with van der Waals surface area (Å²) in [5.74, 6) is 3.57. The van der Waals surface area contributed by atoms with Gasteiger partial charge in [-0.05, 0) is 41.9 Å². The third-order valence-corrected chi connectivity index (χ3v) is 11.3. The fourth-order valence-electron chi connectivity index (χ4n) is 1.87. The number of nitrogens with zero attached hydrogens (tertiary/aromatic N) is 2. The molecule has 0 fully saturated rings. The summed E-state index contributed by atoms with van der Waals surface area (Å²) in [6.45, 7) is 11.9. The minimum Gasteiger partial charge on any atom is -0.407 e. The molecule has 0 aliphatic carbocycles. The van der Waals surface area contributed by atoms with E-state index in [1.165, 1.54) is 24.5 Å². The van der Waals surface area contributed by atoms with Gasteiger partial charge in [0.2, 0.25) is 5.91 Å². The summed E-state index contributed by atoms with van der Waals surface area (Å²) in [6, 6.07) is 2.73. The van der Waals surface area contributed by atoms with Gasteiger partial charge in [0.25, 0.3) is 17.1 Å². The third-order valence-electron chi connectivity index (χ3n) is 5.25. The molecule has 2 aromatic heterocycles. The van der Waals surface area contributed by atoms with Gasteiger partial charge in [0, 0.05) is 18.8 Å². The van der Waals surface area contributed by atoms with Crippen molar-refractivity contribution in [3.8, 4) is 0 Å². The molecule has 40 heavy (non-hydrogen) atoms. The smallest absolute Gasteiger partial charge is 0.271 e. The zero-order valence-corrected chi connectivity index (χ0v) is 27.4. The van der Waals surface area contributed by atoms with Crippen LogP contribution < -0.4 is 22.1 Å². The number of hydrogen-bond acceptors (Lipinski definition) is 8. The minimum absolute atomic E-state index is 0.00224. The van der Waals surface area contributed by atoms with E-state index in [1.54, 1.807) is 6.92 Å². The molecule has 11 nitrogen and oxygen atoms in total. The van der Waals surface area contributed by atoms with E-state index in [4.69, 9.17) is 62.4 Å². The number of carbonyl (C=O) groups excluding carboxylic acids is 4. The quantitative estimate of drug-likeness (QED) is 0.0797. The normalized spacial score (nSPS) is 10.7. The largest absolute Gasteiger partial charge is 0.407 e. The molecule has 2 aromatic rings. The molecule has 5 N–H and O–H groups in total. The molecule has 3 amide bonds. The van der Waals surface area contributed by atoms with E-state index in [9.17, 15) is 19.2 Å².